The first kappa shape index (κ1) is 15.4. The van der Waals surface area contributed by atoms with Crippen LogP contribution in [-0.2, 0) is 9.53 Å². The topological polar surface area (TPSA) is 41.6 Å². The van der Waals surface area contributed by atoms with Crippen molar-refractivity contribution in [1.82, 2.24) is 10.2 Å². The van der Waals surface area contributed by atoms with Crippen LogP contribution in [0, 0.1) is 0 Å². The van der Waals surface area contributed by atoms with E-state index in [1.165, 1.54) is 25.9 Å². The summed E-state index contributed by atoms with van der Waals surface area (Å²) in [4.78, 5) is 14.1. The Labute approximate surface area is 111 Å². The first-order chi connectivity index (χ1) is 8.67. The van der Waals surface area contributed by atoms with Gasteiger partial charge in [-0.2, -0.15) is 0 Å². The van der Waals surface area contributed by atoms with E-state index in [0.717, 1.165) is 19.4 Å². The average Bonchev–Trinajstić information content (AvgIpc) is 2.56. The van der Waals surface area contributed by atoms with Crippen LogP contribution in [0.2, 0.25) is 0 Å². The highest BCUT2D eigenvalue weighted by molar-refractivity contribution is 5.75. The Hall–Kier alpha value is -0.610. The second-order valence-electron chi connectivity index (χ2n) is 5.11. The van der Waals surface area contributed by atoms with Gasteiger partial charge in [0.05, 0.1) is 6.61 Å². The zero-order valence-corrected chi connectivity index (χ0v) is 12.1. The van der Waals surface area contributed by atoms with Gasteiger partial charge in [0, 0.05) is 6.04 Å². The highest BCUT2D eigenvalue weighted by Crippen LogP contribution is 2.12. The van der Waals surface area contributed by atoms with Crippen LogP contribution in [0.1, 0.15) is 46.5 Å². The molecule has 0 saturated carbocycles. The number of hydrogen-bond donors (Lipinski definition) is 1. The largest absolute Gasteiger partial charge is 0.465 e. The van der Waals surface area contributed by atoms with Gasteiger partial charge in [-0.1, -0.05) is 6.92 Å². The fourth-order valence-electron chi connectivity index (χ4n) is 2.55. The summed E-state index contributed by atoms with van der Waals surface area (Å²) >= 11 is 0. The standard InChI is InChI=1S/C14H28N2O2/c1-4-9-16-10-6-7-13(8-11-16)15-12(3)14(17)18-5-2/h12-13,15H,4-11H2,1-3H3. The third-order valence-electron chi connectivity index (χ3n) is 3.49. The van der Waals surface area contributed by atoms with Crippen LogP contribution in [0.25, 0.3) is 0 Å². The van der Waals surface area contributed by atoms with E-state index in [2.05, 4.69) is 17.1 Å². The summed E-state index contributed by atoms with van der Waals surface area (Å²) in [6, 6.07) is 0.263. The van der Waals surface area contributed by atoms with Gasteiger partial charge in [-0.15, -0.1) is 0 Å². The summed E-state index contributed by atoms with van der Waals surface area (Å²) in [6.07, 6.45) is 4.72. The second-order valence-corrected chi connectivity index (χ2v) is 5.11. The van der Waals surface area contributed by atoms with Gasteiger partial charge in [-0.05, 0) is 59.2 Å². The molecule has 0 aromatic carbocycles. The first-order valence-electron chi connectivity index (χ1n) is 7.32. The Morgan fingerprint density at radius 3 is 2.83 bits per heavy atom. The molecule has 1 N–H and O–H groups in total. The predicted molar refractivity (Wildman–Crippen MR) is 73.6 cm³/mol. The Bertz CT molecular complexity index is 246. The number of carbonyl (C=O) groups excluding carboxylic acids is 1. The van der Waals surface area contributed by atoms with E-state index in [9.17, 15) is 4.79 Å². The lowest BCUT2D eigenvalue weighted by molar-refractivity contribution is -0.145. The molecule has 0 bridgehead atoms. The zero-order chi connectivity index (χ0) is 13.4. The van der Waals surface area contributed by atoms with Gasteiger partial charge < -0.3 is 15.0 Å². The molecule has 1 heterocycles. The molecular weight excluding hydrogens is 228 g/mol. The zero-order valence-electron chi connectivity index (χ0n) is 12.1. The van der Waals surface area contributed by atoms with Gasteiger partial charge in [-0.3, -0.25) is 4.79 Å². The third-order valence-corrected chi connectivity index (χ3v) is 3.49. The van der Waals surface area contributed by atoms with Gasteiger partial charge in [0.1, 0.15) is 6.04 Å². The summed E-state index contributed by atoms with van der Waals surface area (Å²) in [5.74, 6) is -0.132. The van der Waals surface area contributed by atoms with E-state index >= 15 is 0 Å². The van der Waals surface area contributed by atoms with Crippen molar-refractivity contribution < 1.29 is 9.53 Å². The number of rotatable bonds is 6. The van der Waals surface area contributed by atoms with Crippen molar-refractivity contribution in [3.63, 3.8) is 0 Å². The molecule has 0 aliphatic carbocycles. The highest BCUT2D eigenvalue weighted by Gasteiger charge is 2.21. The summed E-state index contributed by atoms with van der Waals surface area (Å²) in [6.45, 7) is 9.95. The lowest BCUT2D eigenvalue weighted by Gasteiger charge is -2.21. The van der Waals surface area contributed by atoms with Gasteiger partial charge in [0.15, 0.2) is 0 Å². The number of ether oxygens (including phenoxy) is 1. The molecule has 2 unspecified atom stereocenters. The number of nitrogens with zero attached hydrogens (tertiary/aromatic N) is 1. The van der Waals surface area contributed by atoms with E-state index in [1.807, 2.05) is 13.8 Å². The monoisotopic (exact) mass is 256 g/mol. The Balaban J connectivity index is 2.32. The van der Waals surface area contributed by atoms with Crippen molar-refractivity contribution in [3.05, 3.63) is 0 Å². The summed E-state index contributed by atoms with van der Waals surface area (Å²) < 4.78 is 5.02. The first-order valence-corrected chi connectivity index (χ1v) is 7.32. The lowest BCUT2D eigenvalue weighted by Crippen LogP contribution is -2.42. The fraction of sp³-hybridized carbons (Fsp3) is 0.929. The molecule has 2 atom stereocenters. The van der Waals surface area contributed by atoms with E-state index < -0.39 is 0 Å². The maximum atomic E-state index is 11.6. The number of likely N-dealkylation sites (tertiary alicyclic amines) is 1. The van der Waals surface area contributed by atoms with Crippen molar-refractivity contribution in [1.29, 1.82) is 0 Å². The molecule has 4 nitrogen and oxygen atoms in total. The van der Waals surface area contributed by atoms with Crippen molar-refractivity contribution >= 4 is 5.97 Å². The Morgan fingerprint density at radius 1 is 1.39 bits per heavy atom. The van der Waals surface area contributed by atoms with Crippen LogP contribution in [0.3, 0.4) is 0 Å². The van der Waals surface area contributed by atoms with Crippen LogP contribution < -0.4 is 5.32 Å². The van der Waals surface area contributed by atoms with Crippen LogP contribution in [0.5, 0.6) is 0 Å². The molecule has 106 valence electrons. The summed E-state index contributed by atoms with van der Waals surface area (Å²) in [5.41, 5.74) is 0. The van der Waals surface area contributed by atoms with Gasteiger partial charge in [0.25, 0.3) is 0 Å². The number of carbonyl (C=O) groups is 1. The van der Waals surface area contributed by atoms with Gasteiger partial charge >= 0.3 is 5.97 Å². The normalized spacial score (nSPS) is 23.4. The lowest BCUT2D eigenvalue weighted by atomic mass is 10.1. The molecule has 0 spiro atoms. The predicted octanol–water partition coefficient (Wildman–Crippen LogP) is 1.79. The van der Waals surface area contributed by atoms with Gasteiger partial charge in [-0.25, -0.2) is 0 Å². The van der Waals surface area contributed by atoms with E-state index in [0.29, 0.717) is 12.6 Å². The molecule has 18 heavy (non-hydrogen) atoms. The smallest absolute Gasteiger partial charge is 0.322 e. The van der Waals surface area contributed by atoms with Crippen LogP contribution in [-0.4, -0.2) is 49.2 Å². The minimum Gasteiger partial charge on any atom is -0.465 e. The molecule has 1 aliphatic rings. The van der Waals surface area contributed by atoms with Gasteiger partial charge in [0.2, 0.25) is 0 Å². The molecule has 0 aromatic rings. The molecule has 1 fully saturated rings. The van der Waals surface area contributed by atoms with E-state index in [-0.39, 0.29) is 12.0 Å². The van der Waals surface area contributed by atoms with Crippen molar-refractivity contribution in [2.45, 2.75) is 58.5 Å². The summed E-state index contributed by atoms with van der Waals surface area (Å²) in [5, 5.41) is 3.40. The Kier molecular flexibility index (Phi) is 7.28. The molecule has 0 aromatic heterocycles. The molecular formula is C14H28N2O2. The van der Waals surface area contributed by atoms with Crippen LogP contribution in [0.4, 0.5) is 0 Å². The van der Waals surface area contributed by atoms with E-state index in [1.54, 1.807) is 0 Å². The molecule has 1 aliphatic heterocycles. The minimum atomic E-state index is -0.187. The molecule has 1 rings (SSSR count). The fourth-order valence-corrected chi connectivity index (χ4v) is 2.55. The third kappa shape index (κ3) is 5.36. The quantitative estimate of drug-likeness (QED) is 0.736. The number of esters is 1. The summed E-state index contributed by atoms with van der Waals surface area (Å²) in [7, 11) is 0. The SMILES string of the molecule is CCCN1CCCC(NC(C)C(=O)OCC)CC1. The molecule has 0 radical (unpaired) electrons. The van der Waals surface area contributed by atoms with Crippen molar-refractivity contribution in [3.8, 4) is 0 Å². The van der Waals surface area contributed by atoms with Crippen molar-refractivity contribution in [2.24, 2.45) is 0 Å². The number of nitrogens with one attached hydrogen (secondary N) is 1. The maximum absolute atomic E-state index is 11.6. The Morgan fingerprint density at radius 2 is 2.17 bits per heavy atom. The molecule has 1 saturated heterocycles. The minimum absolute atomic E-state index is 0.132. The van der Waals surface area contributed by atoms with Crippen LogP contribution in [0.15, 0.2) is 0 Å². The van der Waals surface area contributed by atoms with E-state index in [4.69, 9.17) is 4.74 Å². The second kappa shape index (κ2) is 8.48. The highest BCUT2D eigenvalue weighted by atomic mass is 16.5. The van der Waals surface area contributed by atoms with Crippen LogP contribution >= 0.6 is 0 Å². The molecule has 4 heteroatoms. The average molecular weight is 256 g/mol. The maximum Gasteiger partial charge on any atom is 0.322 e. The molecule has 0 amide bonds. The number of hydrogen-bond acceptors (Lipinski definition) is 4. The van der Waals surface area contributed by atoms with Crippen molar-refractivity contribution in [2.75, 3.05) is 26.2 Å².